The van der Waals surface area contributed by atoms with E-state index in [4.69, 9.17) is 5.11 Å². The number of aliphatic hydroxyl groups excluding tert-OH is 1. The van der Waals surface area contributed by atoms with Gasteiger partial charge < -0.3 is 14.6 Å². The summed E-state index contributed by atoms with van der Waals surface area (Å²) >= 11 is 0. The van der Waals surface area contributed by atoms with Crippen molar-refractivity contribution < 1.29 is 18.3 Å². The van der Waals surface area contributed by atoms with E-state index >= 15 is 0 Å². The van der Waals surface area contributed by atoms with Gasteiger partial charge in [0.1, 0.15) is 5.82 Å². The highest BCUT2D eigenvalue weighted by atomic mass is 19.4. The number of likely N-dealkylation sites (N-methyl/N-ethyl adjacent to an activating group) is 1. The van der Waals surface area contributed by atoms with Crippen LogP contribution in [0.3, 0.4) is 0 Å². The maximum Gasteiger partial charge on any atom is 0.434 e. The largest absolute Gasteiger partial charge is 0.434 e. The van der Waals surface area contributed by atoms with Crippen molar-refractivity contribution in [3.05, 3.63) is 41.7 Å². The second-order valence-corrected chi connectivity index (χ2v) is 5.58. The van der Waals surface area contributed by atoms with Crippen LogP contribution in [0.15, 0.2) is 30.5 Å². The van der Waals surface area contributed by atoms with Crippen LogP contribution in [0, 0.1) is 0 Å². The molecule has 0 bridgehead atoms. The summed E-state index contributed by atoms with van der Waals surface area (Å²) in [5.74, 6) is 0.315. The van der Waals surface area contributed by atoms with Crippen molar-refractivity contribution in [3.8, 4) is 11.4 Å². The highest BCUT2D eigenvalue weighted by Gasteiger charge is 2.37. The number of rotatable bonds is 3. The van der Waals surface area contributed by atoms with Crippen LogP contribution in [0.25, 0.3) is 11.4 Å². The molecule has 0 spiro atoms. The van der Waals surface area contributed by atoms with Crippen molar-refractivity contribution in [3.63, 3.8) is 0 Å². The number of hydrogen-bond acceptors (Lipinski definition) is 3. The Morgan fingerprint density at radius 2 is 1.86 bits per heavy atom. The van der Waals surface area contributed by atoms with Gasteiger partial charge in [0.15, 0.2) is 5.69 Å². The third kappa shape index (κ3) is 2.74. The van der Waals surface area contributed by atoms with E-state index in [2.05, 4.69) is 4.98 Å². The normalized spacial score (nSPS) is 16.8. The topological polar surface area (TPSA) is 41.3 Å². The first-order valence-electron chi connectivity index (χ1n) is 6.93. The lowest BCUT2D eigenvalue weighted by Crippen LogP contribution is -2.44. The molecule has 1 saturated heterocycles. The maximum absolute atomic E-state index is 13.0. The molecule has 0 radical (unpaired) electrons. The second-order valence-electron chi connectivity index (χ2n) is 5.58. The van der Waals surface area contributed by atoms with Crippen LogP contribution in [0.2, 0.25) is 0 Å². The fraction of sp³-hybridized carbons (Fsp3) is 0.400. The molecule has 118 valence electrons. The van der Waals surface area contributed by atoms with E-state index in [1.54, 1.807) is 28.8 Å². The SMILES string of the molecule is CN1CC(n2cc(C(F)(F)F)nc2-c2ccc(CO)cc2)C1. The molecule has 1 aliphatic rings. The number of alkyl halides is 3. The lowest BCUT2D eigenvalue weighted by Gasteiger charge is -2.37. The van der Waals surface area contributed by atoms with Crippen LogP contribution in [0.4, 0.5) is 13.2 Å². The summed E-state index contributed by atoms with van der Waals surface area (Å²) in [5, 5.41) is 9.05. The third-order valence-corrected chi connectivity index (χ3v) is 3.86. The Balaban J connectivity index is 2.02. The Bertz CT molecular complexity index is 658. The summed E-state index contributed by atoms with van der Waals surface area (Å²) in [7, 11) is 1.92. The summed E-state index contributed by atoms with van der Waals surface area (Å²) in [6.07, 6.45) is -3.37. The summed E-state index contributed by atoms with van der Waals surface area (Å²) in [6.45, 7) is 1.31. The molecule has 2 aromatic rings. The molecular weight excluding hydrogens is 295 g/mol. The fourth-order valence-corrected chi connectivity index (χ4v) is 2.62. The standard InChI is InChI=1S/C15H16F3N3O/c1-20-6-12(7-20)21-8-13(15(16,17)18)19-14(21)11-4-2-10(9-22)3-5-11/h2-5,8,12,22H,6-7,9H2,1H3. The molecule has 0 unspecified atom stereocenters. The van der Waals surface area contributed by atoms with Crippen LogP contribution >= 0.6 is 0 Å². The molecule has 0 amide bonds. The van der Waals surface area contributed by atoms with Crippen molar-refractivity contribution in [2.45, 2.75) is 18.8 Å². The molecule has 0 aliphatic carbocycles. The third-order valence-electron chi connectivity index (χ3n) is 3.86. The first-order valence-corrected chi connectivity index (χ1v) is 6.93. The van der Waals surface area contributed by atoms with Crippen LogP contribution in [0.1, 0.15) is 17.3 Å². The van der Waals surface area contributed by atoms with E-state index in [0.29, 0.717) is 30.0 Å². The highest BCUT2D eigenvalue weighted by Crippen LogP contribution is 2.34. The zero-order chi connectivity index (χ0) is 15.9. The minimum absolute atomic E-state index is 0.00104. The quantitative estimate of drug-likeness (QED) is 0.947. The van der Waals surface area contributed by atoms with E-state index in [0.717, 1.165) is 6.20 Å². The molecule has 3 rings (SSSR count). The van der Waals surface area contributed by atoms with Crippen LogP contribution < -0.4 is 0 Å². The number of aromatic nitrogens is 2. The van der Waals surface area contributed by atoms with Gasteiger partial charge in [0.2, 0.25) is 0 Å². The molecule has 1 N–H and O–H groups in total. The summed E-state index contributed by atoms with van der Waals surface area (Å²) in [5.41, 5.74) is 0.451. The summed E-state index contributed by atoms with van der Waals surface area (Å²) in [4.78, 5) is 5.83. The molecule has 1 fully saturated rings. The Hall–Kier alpha value is -1.86. The van der Waals surface area contributed by atoms with Crippen LogP contribution in [-0.4, -0.2) is 39.7 Å². The molecular formula is C15H16F3N3O. The molecule has 1 aliphatic heterocycles. The first-order chi connectivity index (χ1) is 10.4. The van der Waals surface area contributed by atoms with Crippen molar-refractivity contribution in [2.24, 2.45) is 0 Å². The van der Waals surface area contributed by atoms with Crippen LogP contribution in [0.5, 0.6) is 0 Å². The lowest BCUT2D eigenvalue weighted by atomic mass is 10.1. The van der Waals surface area contributed by atoms with Crippen molar-refractivity contribution in [1.82, 2.24) is 14.5 Å². The van der Waals surface area contributed by atoms with Gasteiger partial charge in [-0.3, -0.25) is 0 Å². The molecule has 2 heterocycles. The average Bonchev–Trinajstić information content (AvgIpc) is 2.88. The molecule has 0 atom stereocenters. The van der Waals surface area contributed by atoms with Crippen molar-refractivity contribution in [2.75, 3.05) is 20.1 Å². The maximum atomic E-state index is 13.0. The molecule has 7 heteroatoms. The smallest absolute Gasteiger partial charge is 0.392 e. The van der Waals surface area contributed by atoms with Gasteiger partial charge in [-0.1, -0.05) is 24.3 Å². The monoisotopic (exact) mass is 311 g/mol. The molecule has 22 heavy (non-hydrogen) atoms. The predicted octanol–water partition coefficient (Wildman–Crippen LogP) is 2.55. The van der Waals surface area contributed by atoms with Crippen LogP contribution in [-0.2, 0) is 12.8 Å². The van der Waals surface area contributed by atoms with Gasteiger partial charge in [0.05, 0.1) is 12.6 Å². The second kappa shape index (κ2) is 5.40. The Kier molecular flexibility index (Phi) is 3.70. The summed E-state index contributed by atoms with van der Waals surface area (Å²) in [6, 6.07) is 6.75. The van der Waals surface area contributed by atoms with Gasteiger partial charge in [-0.25, -0.2) is 4.98 Å². The van der Waals surface area contributed by atoms with E-state index in [1.807, 2.05) is 11.9 Å². The Labute approximate surface area is 125 Å². The minimum atomic E-state index is -4.46. The molecule has 0 saturated carbocycles. The number of halogens is 3. The lowest BCUT2D eigenvalue weighted by molar-refractivity contribution is -0.141. The molecule has 1 aromatic carbocycles. The zero-order valence-corrected chi connectivity index (χ0v) is 12.0. The number of benzene rings is 1. The van der Waals surface area contributed by atoms with Gasteiger partial charge in [0.25, 0.3) is 0 Å². The van der Waals surface area contributed by atoms with Gasteiger partial charge in [-0.05, 0) is 12.6 Å². The fourth-order valence-electron chi connectivity index (χ4n) is 2.62. The zero-order valence-electron chi connectivity index (χ0n) is 12.0. The minimum Gasteiger partial charge on any atom is -0.392 e. The van der Waals surface area contributed by atoms with Crippen molar-refractivity contribution in [1.29, 1.82) is 0 Å². The van der Waals surface area contributed by atoms with Gasteiger partial charge in [0, 0.05) is 24.8 Å². The number of aliphatic hydroxyl groups is 1. The number of imidazole rings is 1. The highest BCUT2D eigenvalue weighted by molar-refractivity contribution is 5.57. The van der Waals surface area contributed by atoms with E-state index in [-0.39, 0.29) is 12.6 Å². The number of likely N-dealkylation sites (tertiary alicyclic amines) is 1. The number of hydrogen-bond donors (Lipinski definition) is 1. The van der Waals surface area contributed by atoms with Gasteiger partial charge in [-0.2, -0.15) is 13.2 Å². The predicted molar refractivity (Wildman–Crippen MR) is 75.1 cm³/mol. The average molecular weight is 311 g/mol. The Morgan fingerprint density at radius 3 is 2.36 bits per heavy atom. The number of nitrogens with zero attached hydrogens (tertiary/aromatic N) is 3. The van der Waals surface area contributed by atoms with Gasteiger partial charge in [-0.15, -0.1) is 0 Å². The van der Waals surface area contributed by atoms with E-state index in [9.17, 15) is 13.2 Å². The summed E-state index contributed by atoms with van der Waals surface area (Å²) < 4.78 is 40.5. The van der Waals surface area contributed by atoms with Gasteiger partial charge >= 0.3 is 6.18 Å². The first kappa shape index (κ1) is 15.1. The van der Waals surface area contributed by atoms with E-state index in [1.165, 1.54) is 0 Å². The van der Waals surface area contributed by atoms with Crippen molar-refractivity contribution >= 4 is 0 Å². The van der Waals surface area contributed by atoms with E-state index < -0.39 is 11.9 Å². The molecule has 4 nitrogen and oxygen atoms in total. The Morgan fingerprint density at radius 1 is 1.23 bits per heavy atom. The molecule has 1 aromatic heterocycles.